The minimum absolute atomic E-state index is 0.0729. The summed E-state index contributed by atoms with van der Waals surface area (Å²) in [5, 5.41) is 6.51. The van der Waals surface area contributed by atoms with Crippen molar-refractivity contribution in [2.45, 2.75) is 83.0 Å². The molecule has 0 spiro atoms. The SMILES string of the molecule is CC[C@@H](C)Nc1cc(C(=O)NC2CC3CCC(C2)N3c2ccc(C(=O)C3CC3)cn2)ccc1C(N)=O. The number of carbonyl (C=O) groups excluding carboxylic acids is 3. The zero-order valence-electron chi connectivity index (χ0n) is 21.0. The van der Waals surface area contributed by atoms with Gasteiger partial charge in [0.05, 0.1) is 5.56 Å². The molecule has 3 fully saturated rings. The molecule has 3 atom stereocenters. The van der Waals surface area contributed by atoms with Gasteiger partial charge in [-0.15, -0.1) is 0 Å². The van der Waals surface area contributed by atoms with Gasteiger partial charge in [0, 0.05) is 53.1 Å². The van der Waals surface area contributed by atoms with E-state index in [-0.39, 0.29) is 29.7 Å². The number of rotatable bonds is 9. The maximum Gasteiger partial charge on any atom is 0.251 e. The molecule has 8 nitrogen and oxygen atoms in total. The van der Waals surface area contributed by atoms with Crippen molar-refractivity contribution in [3.05, 3.63) is 53.2 Å². The number of pyridine rings is 1. The standard InChI is InChI=1S/C28H35N5O3/c1-3-16(2)31-24-12-18(6-10-23(24)27(29)35)28(36)32-20-13-21-8-9-22(14-20)33(21)25-11-7-19(15-30-25)26(34)17-4-5-17/h6-7,10-12,15-17,20-22,31H,3-5,8-9,13-14H2,1-2H3,(H2,29,35)(H,32,36)/t16-,20?,21?,22?/m1/s1. The average Bonchev–Trinajstić information content (AvgIpc) is 3.68. The van der Waals surface area contributed by atoms with Crippen LogP contribution in [0, 0.1) is 5.92 Å². The van der Waals surface area contributed by atoms with Crippen LogP contribution in [0.25, 0.3) is 0 Å². The van der Waals surface area contributed by atoms with Crippen LogP contribution < -0.4 is 21.3 Å². The summed E-state index contributed by atoms with van der Waals surface area (Å²) >= 11 is 0. The van der Waals surface area contributed by atoms with E-state index in [0.717, 1.165) is 50.8 Å². The molecule has 190 valence electrons. The van der Waals surface area contributed by atoms with Crippen molar-refractivity contribution in [2.24, 2.45) is 11.7 Å². The second kappa shape index (κ2) is 9.91. The molecule has 2 unspecified atom stereocenters. The van der Waals surface area contributed by atoms with Crippen LogP contribution in [0.5, 0.6) is 0 Å². The fraction of sp³-hybridized carbons (Fsp3) is 0.500. The molecular formula is C28H35N5O3. The molecule has 8 heteroatoms. The van der Waals surface area contributed by atoms with Gasteiger partial charge in [-0.2, -0.15) is 0 Å². The monoisotopic (exact) mass is 489 g/mol. The van der Waals surface area contributed by atoms with E-state index in [1.807, 2.05) is 19.1 Å². The van der Waals surface area contributed by atoms with E-state index in [1.54, 1.807) is 24.4 Å². The summed E-state index contributed by atoms with van der Waals surface area (Å²) in [5.41, 5.74) is 7.74. The van der Waals surface area contributed by atoms with E-state index in [9.17, 15) is 14.4 Å². The third-order valence-corrected chi connectivity index (χ3v) is 7.87. The van der Waals surface area contributed by atoms with Crippen molar-refractivity contribution in [1.82, 2.24) is 10.3 Å². The number of hydrogen-bond donors (Lipinski definition) is 3. The largest absolute Gasteiger partial charge is 0.382 e. The number of anilines is 2. The number of ketones is 1. The Bertz CT molecular complexity index is 1150. The second-order valence-corrected chi connectivity index (χ2v) is 10.6. The van der Waals surface area contributed by atoms with Crippen LogP contribution in [0.1, 0.15) is 89.9 Å². The van der Waals surface area contributed by atoms with Crippen molar-refractivity contribution in [3.63, 3.8) is 0 Å². The molecule has 2 amide bonds. The Morgan fingerprint density at radius 3 is 2.33 bits per heavy atom. The summed E-state index contributed by atoms with van der Waals surface area (Å²) in [6.45, 7) is 4.07. The Labute approximate surface area is 212 Å². The molecule has 1 saturated carbocycles. The Morgan fingerprint density at radius 1 is 1.06 bits per heavy atom. The summed E-state index contributed by atoms with van der Waals surface area (Å²) in [6, 6.07) is 9.74. The smallest absolute Gasteiger partial charge is 0.251 e. The fourth-order valence-electron chi connectivity index (χ4n) is 5.59. The van der Waals surface area contributed by atoms with Crippen LogP contribution in [-0.4, -0.2) is 46.7 Å². The summed E-state index contributed by atoms with van der Waals surface area (Å²) < 4.78 is 0. The van der Waals surface area contributed by atoms with Gasteiger partial charge in [-0.1, -0.05) is 6.92 Å². The maximum absolute atomic E-state index is 13.1. The predicted molar refractivity (Wildman–Crippen MR) is 139 cm³/mol. The van der Waals surface area contributed by atoms with Crippen LogP contribution >= 0.6 is 0 Å². The lowest BCUT2D eigenvalue weighted by Crippen LogP contribution is -2.50. The third-order valence-electron chi connectivity index (χ3n) is 7.87. The molecule has 2 bridgehead atoms. The summed E-state index contributed by atoms with van der Waals surface area (Å²) in [5.74, 6) is 0.668. The van der Waals surface area contributed by atoms with E-state index in [1.165, 1.54) is 0 Å². The van der Waals surface area contributed by atoms with E-state index >= 15 is 0 Å². The molecule has 1 aromatic heterocycles. The highest BCUT2D eigenvalue weighted by molar-refractivity contribution is 6.02. The first kappa shape index (κ1) is 24.3. The number of aromatic nitrogens is 1. The molecule has 3 heterocycles. The van der Waals surface area contributed by atoms with Crippen LogP contribution in [0.15, 0.2) is 36.5 Å². The first-order chi connectivity index (χ1) is 17.3. The summed E-state index contributed by atoms with van der Waals surface area (Å²) in [6.07, 6.45) is 8.43. The first-order valence-corrected chi connectivity index (χ1v) is 13.1. The first-order valence-electron chi connectivity index (χ1n) is 13.1. The van der Waals surface area contributed by atoms with Gasteiger partial charge in [-0.25, -0.2) is 4.98 Å². The number of nitrogens with two attached hydrogens (primary N) is 1. The van der Waals surface area contributed by atoms with E-state index in [0.29, 0.717) is 34.5 Å². The number of carbonyl (C=O) groups is 3. The number of piperidine rings is 1. The zero-order chi connectivity index (χ0) is 25.4. The van der Waals surface area contributed by atoms with Crippen molar-refractivity contribution < 1.29 is 14.4 Å². The van der Waals surface area contributed by atoms with Crippen molar-refractivity contribution in [1.29, 1.82) is 0 Å². The molecule has 4 N–H and O–H groups in total. The van der Waals surface area contributed by atoms with Gasteiger partial charge in [0.15, 0.2) is 5.78 Å². The predicted octanol–water partition coefficient (Wildman–Crippen LogP) is 3.91. The highest BCUT2D eigenvalue weighted by Crippen LogP contribution is 2.39. The molecule has 0 radical (unpaired) electrons. The summed E-state index contributed by atoms with van der Waals surface area (Å²) in [7, 11) is 0. The van der Waals surface area contributed by atoms with Gasteiger partial charge in [-0.3, -0.25) is 14.4 Å². The van der Waals surface area contributed by atoms with Crippen LogP contribution in [0.2, 0.25) is 0 Å². The number of Topliss-reactive ketones (excluding diaryl/α,β-unsaturated/α-hetero) is 1. The molecule has 36 heavy (non-hydrogen) atoms. The Hall–Kier alpha value is -3.42. The number of nitrogens with one attached hydrogen (secondary N) is 2. The van der Waals surface area contributed by atoms with Crippen LogP contribution in [0.4, 0.5) is 11.5 Å². The Morgan fingerprint density at radius 2 is 1.75 bits per heavy atom. The highest BCUT2D eigenvalue weighted by atomic mass is 16.2. The Balaban J connectivity index is 1.24. The number of fused-ring (bicyclic) bond motifs is 2. The quantitative estimate of drug-likeness (QED) is 0.460. The molecule has 2 aliphatic heterocycles. The molecule has 2 aromatic rings. The van der Waals surface area contributed by atoms with Crippen LogP contribution in [-0.2, 0) is 0 Å². The average molecular weight is 490 g/mol. The van der Waals surface area contributed by atoms with Gasteiger partial charge in [-0.05, 0) is 82.2 Å². The van der Waals surface area contributed by atoms with Crippen molar-refractivity contribution in [3.8, 4) is 0 Å². The van der Waals surface area contributed by atoms with Crippen LogP contribution in [0.3, 0.4) is 0 Å². The normalized spacial score (nSPS) is 23.7. The number of primary amides is 1. The lowest BCUT2D eigenvalue weighted by molar-refractivity contribution is 0.0924. The van der Waals surface area contributed by atoms with Gasteiger partial charge in [0.2, 0.25) is 0 Å². The number of hydrogen-bond acceptors (Lipinski definition) is 6. The van der Waals surface area contributed by atoms with Gasteiger partial charge >= 0.3 is 0 Å². The topological polar surface area (TPSA) is 117 Å². The lowest BCUT2D eigenvalue weighted by atomic mass is 9.96. The number of benzene rings is 1. The zero-order valence-corrected chi connectivity index (χ0v) is 21.0. The lowest BCUT2D eigenvalue weighted by Gasteiger charge is -2.40. The Kier molecular flexibility index (Phi) is 6.69. The van der Waals surface area contributed by atoms with Crippen molar-refractivity contribution >= 4 is 29.1 Å². The fourth-order valence-corrected chi connectivity index (χ4v) is 5.59. The number of nitrogens with zero attached hydrogens (tertiary/aromatic N) is 2. The molecular weight excluding hydrogens is 454 g/mol. The van der Waals surface area contributed by atoms with Gasteiger partial charge in [0.1, 0.15) is 5.82 Å². The molecule has 1 aromatic carbocycles. The van der Waals surface area contributed by atoms with E-state index in [4.69, 9.17) is 5.73 Å². The van der Waals surface area contributed by atoms with Gasteiger partial charge < -0.3 is 21.3 Å². The van der Waals surface area contributed by atoms with E-state index in [2.05, 4.69) is 27.4 Å². The third kappa shape index (κ3) is 4.94. The van der Waals surface area contributed by atoms with E-state index < -0.39 is 5.91 Å². The minimum atomic E-state index is -0.518. The van der Waals surface area contributed by atoms with Gasteiger partial charge in [0.25, 0.3) is 11.8 Å². The molecule has 1 aliphatic carbocycles. The molecule has 2 saturated heterocycles. The molecule has 3 aliphatic rings. The summed E-state index contributed by atoms with van der Waals surface area (Å²) in [4.78, 5) is 44.3. The number of amides is 2. The minimum Gasteiger partial charge on any atom is -0.382 e. The van der Waals surface area contributed by atoms with Crippen molar-refractivity contribution in [2.75, 3.05) is 10.2 Å². The highest BCUT2D eigenvalue weighted by Gasteiger charge is 2.42. The molecule has 5 rings (SSSR count). The maximum atomic E-state index is 13.1. The second-order valence-electron chi connectivity index (χ2n) is 10.6.